The number of hydrogen-bond acceptors (Lipinski definition) is 4. The molecule has 0 bridgehead atoms. The van der Waals surface area contributed by atoms with E-state index in [2.05, 4.69) is 25.6 Å². The molecule has 6 nitrogen and oxygen atoms in total. The van der Waals surface area contributed by atoms with Crippen LogP contribution in [0.15, 0.2) is 22.7 Å². The van der Waals surface area contributed by atoms with Gasteiger partial charge in [0, 0.05) is 17.6 Å². The van der Waals surface area contributed by atoms with Gasteiger partial charge in [0.2, 0.25) is 16.0 Å². The molecule has 0 radical (unpaired) electrons. The molecule has 1 aromatic carbocycles. The fourth-order valence-corrected chi connectivity index (χ4v) is 2.50. The third kappa shape index (κ3) is 3.01. The lowest BCUT2D eigenvalue weighted by atomic mass is 10.3. The highest BCUT2D eigenvalue weighted by Crippen LogP contribution is 2.21. The van der Waals surface area contributed by atoms with Gasteiger partial charge < -0.3 is 10.3 Å². The van der Waals surface area contributed by atoms with Gasteiger partial charge >= 0.3 is 0 Å². The highest BCUT2D eigenvalue weighted by atomic mass is 79.9. The number of benzene rings is 1. The van der Waals surface area contributed by atoms with E-state index in [1.165, 1.54) is 0 Å². The van der Waals surface area contributed by atoms with Crippen LogP contribution in [-0.4, -0.2) is 30.8 Å². The summed E-state index contributed by atoms with van der Waals surface area (Å²) in [5.74, 6) is 0.374. The number of imidazole rings is 1. The van der Waals surface area contributed by atoms with Gasteiger partial charge in [0.05, 0.1) is 17.3 Å². The van der Waals surface area contributed by atoms with Crippen LogP contribution in [0.4, 0.5) is 5.95 Å². The number of halogens is 1. The van der Waals surface area contributed by atoms with Crippen molar-refractivity contribution < 1.29 is 8.42 Å². The molecule has 2 rings (SSSR count). The summed E-state index contributed by atoms with van der Waals surface area (Å²) in [4.78, 5) is 4.21. The standard InChI is InChI=1S/C10H13BrN4O2S/c1-18(16,17)13-4-5-15-9-6-7(11)2-3-8(9)14-10(15)12/h2-3,6,13H,4-5H2,1H3,(H2,12,14). The second kappa shape index (κ2) is 4.87. The van der Waals surface area contributed by atoms with Crippen molar-refractivity contribution in [2.75, 3.05) is 18.5 Å². The molecule has 0 unspecified atom stereocenters. The number of nitrogens with two attached hydrogens (primary N) is 1. The van der Waals surface area contributed by atoms with Crippen molar-refractivity contribution in [1.29, 1.82) is 0 Å². The van der Waals surface area contributed by atoms with Crippen molar-refractivity contribution in [3.63, 3.8) is 0 Å². The molecule has 0 saturated heterocycles. The van der Waals surface area contributed by atoms with E-state index >= 15 is 0 Å². The van der Waals surface area contributed by atoms with Crippen LogP contribution >= 0.6 is 15.9 Å². The Morgan fingerprint density at radius 2 is 2.22 bits per heavy atom. The second-order valence-corrected chi connectivity index (χ2v) is 6.67. The largest absolute Gasteiger partial charge is 0.369 e. The van der Waals surface area contributed by atoms with E-state index < -0.39 is 10.0 Å². The van der Waals surface area contributed by atoms with Crippen molar-refractivity contribution >= 4 is 42.9 Å². The zero-order valence-corrected chi connectivity index (χ0v) is 12.1. The number of hydrogen-bond donors (Lipinski definition) is 2. The summed E-state index contributed by atoms with van der Waals surface area (Å²) < 4.78 is 27.1. The van der Waals surface area contributed by atoms with Gasteiger partial charge in [0.15, 0.2) is 0 Å². The molecule has 0 atom stereocenters. The highest BCUT2D eigenvalue weighted by Gasteiger charge is 2.09. The topological polar surface area (TPSA) is 90.0 Å². The summed E-state index contributed by atoms with van der Waals surface area (Å²) in [6, 6.07) is 5.64. The zero-order valence-electron chi connectivity index (χ0n) is 9.72. The third-order valence-corrected chi connectivity index (χ3v) is 3.66. The van der Waals surface area contributed by atoms with E-state index in [0.717, 1.165) is 21.8 Å². The average Bonchev–Trinajstić information content (AvgIpc) is 2.54. The van der Waals surface area contributed by atoms with Gasteiger partial charge in [-0.15, -0.1) is 0 Å². The molecule has 1 aromatic heterocycles. The number of nitrogens with one attached hydrogen (secondary N) is 1. The molecule has 3 N–H and O–H groups in total. The van der Waals surface area contributed by atoms with Gasteiger partial charge in [-0.1, -0.05) is 15.9 Å². The molecular weight excluding hydrogens is 320 g/mol. The molecule has 2 aromatic rings. The minimum absolute atomic E-state index is 0.279. The first-order valence-corrected chi connectivity index (χ1v) is 7.91. The molecule has 18 heavy (non-hydrogen) atoms. The van der Waals surface area contributed by atoms with E-state index in [-0.39, 0.29) is 6.54 Å². The maximum Gasteiger partial charge on any atom is 0.208 e. The molecular formula is C10H13BrN4O2S. The van der Waals surface area contributed by atoms with Crippen LogP contribution in [-0.2, 0) is 16.6 Å². The number of rotatable bonds is 4. The average molecular weight is 333 g/mol. The lowest BCUT2D eigenvalue weighted by Gasteiger charge is -2.07. The Labute approximate surface area is 113 Å². The smallest absolute Gasteiger partial charge is 0.208 e. The molecule has 8 heteroatoms. The Morgan fingerprint density at radius 1 is 1.50 bits per heavy atom. The van der Waals surface area contributed by atoms with Gasteiger partial charge in [-0.2, -0.15) is 0 Å². The predicted octanol–water partition coefficient (Wildman–Crippen LogP) is 0.930. The van der Waals surface area contributed by atoms with E-state index in [4.69, 9.17) is 5.73 Å². The molecule has 0 fully saturated rings. The van der Waals surface area contributed by atoms with Gasteiger partial charge in [-0.05, 0) is 18.2 Å². The Balaban J connectivity index is 2.27. The minimum atomic E-state index is -3.19. The Bertz CT molecular complexity index is 680. The zero-order chi connectivity index (χ0) is 13.3. The van der Waals surface area contributed by atoms with Crippen LogP contribution < -0.4 is 10.5 Å². The van der Waals surface area contributed by atoms with Gasteiger partial charge in [0.25, 0.3) is 0 Å². The number of aromatic nitrogens is 2. The summed E-state index contributed by atoms with van der Waals surface area (Å²) in [5, 5.41) is 0. The fourth-order valence-electron chi connectivity index (χ4n) is 1.69. The molecule has 0 aliphatic carbocycles. The minimum Gasteiger partial charge on any atom is -0.369 e. The van der Waals surface area contributed by atoms with E-state index in [0.29, 0.717) is 12.5 Å². The quantitative estimate of drug-likeness (QED) is 0.871. The van der Waals surface area contributed by atoms with Gasteiger partial charge in [-0.25, -0.2) is 18.1 Å². The lowest BCUT2D eigenvalue weighted by molar-refractivity contribution is 0.581. The summed E-state index contributed by atoms with van der Waals surface area (Å²) in [6.07, 6.45) is 1.12. The number of nitrogen functional groups attached to an aromatic ring is 1. The molecule has 1 heterocycles. The SMILES string of the molecule is CS(=O)(=O)NCCn1c(N)nc2ccc(Br)cc21. The van der Waals surface area contributed by atoms with Crippen molar-refractivity contribution in [2.24, 2.45) is 0 Å². The molecule has 98 valence electrons. The summed E-state index contributed by atoms with van der Waals surface area (Å²) in [7, 11) is -3.19. The van der Waals surface area contributed by atoms with Crippen LogP contribution in [0.25, 0.3) is 11.0 Å². The lowest BCUT2D eigenvalue weighted by Crippen LogP contribution is -2.26. The second-order valence-electron chi connectivity index (χ2n) is 3.92. The Hall–Kier alpha value is -1.12. The Kier molecular flexibility index (Phi) is 3.60. The first-order valence-electron chi connectivity index (χ1n) is 5.23. The number of sulfonamides is 1. The maximum atomic E-state index is 11.0. The van der Waals surface area contributed by atoms with E-state index in [1.807, 2.05) is 18.2 Å². The number of nitrogens with zero attached hydrogens (tertiary/aromatic N) is 2. The first kappa shape index (κ1) is 13.3. The molecule has 0 aliphatic rings. The molecule has 0 spiro atoms. The maximum absolute atomic E-state index is 11.0. The van der Waals surface area contributed by atoms with Crippen molar-refractivity contribution in [1.82, 2.24) is 14.3 Å². The van der Waals surface area contributed by atoms with Crippen LogP contribution in [0.1, 0.15) is 0 Å². The monoisotopic (exact) mass is 332 g/mol. The first-order chi connectivity index (χ1) is 8.37. The van der Waals surface area contributed by atoms with Crippen molar-refractivity contribution in [3.05, 3.63) is 22.7 Å². The van der Waals surface area contributed by atoms with E-state index in [1.54, 1.807) is 4.57 Å². The predicted molar refractivity (Wildman–Crippen MR) is 74.7 cm³/mol. The van der Waals surface area contributed by atoms with Crippen LogP contribution in [0.3, 0.4) is 0 Å². The number of anilines is 1. The van der Waals surface area contributed by atoms with Crippen LogP contribution in [0.2, 0.25) is 0 Å². The molecule has 0 aliphatic heterocycles. The fraction of sp³-hybridized carbons (Fsp3) is 0.300. The summed E-state index contributed by atoms with van der Waals surface area (Å²) in [6.45, 7) is 0.715. The summed E-state index contributed by atoms with van der Waals surface area (Å²) >= 11 is 3.38. The van der Waals surface area contributed by atoms with Crippen molar-refractivity contribution in [2.45, 2.75) is 6.54 Å². The van der Waals surface area contributed by atoms with Crippen LogP contribution in [0.5, 0.6) is 0 Å². The highest BCUT2D eigenvalue weighted by molar-refractivity contribution is 9.10. The molecule has 0 amide bonds. The van der Waals surface area contributed by atoms with Crippen LogP contribution in [0, 0.1) is 0 Å². The van der Waals surface area contributed by atoms with Crippen molar-refractivity contribution in [3.8, 4) is 0 Å². The number of fused-ring (bicyclic) bond motifs is 1. The van der Waals surface area contributed by atoms with E-state index in [9.17, 15) is 8.42 Å². The molecule has 0 saturated carbocycles. The normalized spacial score (nSPS) is 12.1. The third-order valence-electron chi connectivity index (χ3n) is 2.44. The van der Waals surface area contributed by atoms with Gasteiger partial charge in [0.1, 0.15) is 0 Å². The summed E-state index contributed by atoms with van der Waals surface area (Å²) in [5.41, 5.74) is 7.47. The Morgan fingerprint density at radius 3 is 2.89 bits per heavy atom. The van der Waals surface area contributed by atoms with Gasteiger partial charge in [-0.3, -0.25) is 0 Å².